The van der Waals surface area contributed by atoms with Gasteiger partial charge in [0, 0.05) is 19.4 Å². The number of halogens is 1. The lowest BCUT2D eigenvalue weighted by atomic mass is 10.1. The van der Waals surface area contributed by atoms with Gasteiger partial charge >= 0.3 is 0 Å². The molecule has 0 unspecified atom stereocenters. The normalized spacial score (nSPS) is 12.1. The van der Waals surface area contributed by atoms with Crippen LogP contribution in [0.1, 0.15) is 23.0 Å². The average Bonchev–Trinajstić information content (AvgIpc) is 3.18. The summed E-state index contributed by atoms with van der Waals surface area (Å²) in [5.74, 6) is 0.299. The molecular formula is C17H16FN3OS. The van der Waals surface area contributed by atoms with Crippen molar-refractivity contribution in [1.82, 2.24) is 14.9 Å². The molecule has 0 fully saturated rings. The van der Waals surface area contributed by atoms with Crippen LogP contribution >= 0.6 is 11.3 Å². The zero-order chi connectivity index (χ0) is 16.2. The fourth-order valence-corrected chi connectivity index (χ4v) is 3.07. The van der Waals surface area contributed by atoms with Gasteiger partial charge in [0.15, 0.2) is 0 Å². The Bertz CT molecular complexity index is 781. The highest BCUT2D eigenvalue weighted by atomic mass is 32.1. The minimum absolute atomic E-state index is 0.0966. The molecule has 0 saturated carbocycles. The third kappa shape index (κ3) is 3.65. The summed E-state index contributed by atoms with van der Waals surface area (Å²) in [5.41, 5.74) is 1.77. The quantitative estimate of drug-likeness (QED) is 0.782. The maximum absolute atomic E-state index is 13.2. The number of aromatic nitrogens is 2. The van der Waals surface area contributed by atoms with Gasteiger partial charge in [-0.15, -0.1) is 0 Å². The predicted molar refractivity (Wildman–Crippen MR) is 87.6 cm³/mol. The van der Waals surface area contributed by atoms with E-state index in [0.29, 0.717) is 12.2 Å². The summed E-state index contributed by atoms with van der Waals surface area (Å²) in [7, 11) is 1.86. The largest absolute Gasteiger partial charge is 0.342 e. The summed E-state index contributed by atoms with van der Waals surface area (Å²) in [6.07, 6.45) is 3.80. The van der Waals surface area contributed by atoms with Crippen molar-refractivity contribution in [2.24, 2.45) is 7.05 Å². The van der Waals surface area contributed by atoms with Gasteiger partial charge in [-0.3, -0.25) is 4.79 Å². The Morgan fingerprint density at radius 1 is 1.35 bits per heavy atom. The molecule has 0 aliphatic rings. The van der Waals surface area contributed by atoms with E-state index in [1.54, 1.807) is 29.7 Å². The van der Waals surface area contributed by atoms with E-state index < -0.39 is 6.04 Å². The summed E-state index contributed by atoms with van der Waals surface area (Å²) in [6, 6.07) is 7.62. The molecule has 1 aromatic carbocycles. The van der Waals surface area contributed by atoms with Gasteiger partial charge in [-0.25, -0.2) is 9.37 Å². The minimum atomic E-state index is -0.415. The molecule has 1 atom stereocenters. The Kier molecular flexibility index (Phi) is 4.52. The van der Waals surface area contributed by atoms with Crippen LogP contribution in [0, 0.1) is 5.82 Å². The van der Waals surface area contributed by atoms with E-state index in [9.17, 15) is 9.18 Å². The molecule has 3 aromatic rings. The average molecular weight is 329 g/mol. The van der Waals surface area contributed by atoms with Gasteiger partial charge in [0.05, 0.1) is 6.42 Å². The second kappa shape index (κ2) is 6.75. The van der Waals surface area contributed by atoms with Crippen LogP contribution < -0.4 is 5.32 Å². The van der Waals surface area contributed by atoms with Crippen LogP contribution in [0.2, 0.25) is 0 Å². The molecule has 118 valence electrons. The highest BCUT2D eigenvalue weighted by Gasteiger charge is 2.20. The number of rotatable bonds is 5. The molecule has 23 heavy (non-hydrogen) atoms. The number of nitrogens with zero attached hydrogens (tertiary/aromatic N) is 2. The van der Waals surface area contributed by atoms with Gasteiger partial charge in [-0.05, 0) is 40.1 Å². The van der Waals surface area contributed by atoms with E-state index in [0.717, 1.165) is 11.1 Å². The van der Waals surface area contributed by atoms with Gasteiger partial charge in [-0.2, -0.15) is 11.3 Å². The summed E-state index contributed by atoms with van der Waals surface area (Å²) >= 11 is 1.56. The first-order valence-corrected chi connectivity index (χ1v) is 8.11. The first-order valence-electron chi connectivity index (χ1n) is 7.16. The van der Waals surface area contributed by atoms with Crippen molar-refractivity contribution < 1.29 is 9.18 Å². The lowest BCUT2D eigenvalue weighted by molar-refractivity contribution is -0.121. The maximum atomic E-state index is 13.2. The molecule has 0 radical (unpaired) electrons. The van der Waals surface area contributed by atoms with Gasteiger partial charge in [0.1, 0.15) is 17.7 Å². The van der Waals surface area contributed by atoms with Crippen LogP contribution in [-0.4, -0.2) is 15.5 Å². The predicted octanol–water partition coefficient (Wildman–Crippen LogP) is 3.07. The molecule has 6 heteroatoms. The first kappa shape index (κ1) is 15.4. The Morgan fingerprint density at radius 2 is 2.13 bits per heavy atom. The van der Waals surface area contributed by atoms with Crippen molar-refractivity contribution in [3.8, 4) is 0 Å². The summed E-state index contributed by atoms with van der Waals surface area (Å²) in [6.45, 7) is 0. The maximum Gasteiger partial charge on any atom is 0.225 e. The minimum Gasteiger partial charge on any atom is -0.342 e. The Hall–Kier alpha value is -2.47. The van der Waals surface area contributed by atoms with Crippen LogP contribution in [0.25, 0.3) is 0 Å². The molecule has 3 rings (SSSR count). The zero-order valence-electron chi connectivity index (χ0n) is 12.6. The van der Waals surface area contributed by atoms with Gasteiger partial charge in [-0.1, -0.05) is 12.1 Å². The summed E-state index contributed by atoms with van der Waals surface area (Å²) in [4.78, 5) is 16.7. The lowest BCUT2D eigenvalue weighted by Gasteiger charge is -2.19. The monoisotopic (exact) mass is 329 g/mol. The molecule has 0 spiro atoms. The zero-order valence-corrected chi connectivity index (χ0v) is 13.4. The van der Waals surface area contributed by atoms with Crippen molar-refractivity contribution in [2.75, 3.05) is 0 Å². The Labute approximate surface area is 137 Å². The lowest BCUT2D eigenvalue weighted by Crippen LogP contribution is -2.32. The molecule has 2 heterocycles. The van der Waals surface area contributed by atoms with Gasteiger partial charge in [0.2, 0.25) is 5.91 Å². The molecule has 0 aliphatic heterocycles. The number of hydrogen-bond donors (Lipinski definition) is 1. The van der Waals surface area contributed by atoms with E-state index in [2.05, 4.69) is 10.3 Å². The topological polar surface area (TPSA) is 46.9 Å². The molecule has 1 amide bonds. The molecule has 1 N–H and O–H groups in total. The standard InChI is InChI=1S/C17H16FN3OS/c1-21-8-7-19-17(21)16(13-2-4-14(18)5-3-13)20-15(22)10-12-6-9-23-11-12/h2-9,11,16H,10H2,1H3,(H,20,22)/t16-/m0/s1. The number of imidazole rings is 1. The number of aryl methyl sites for hydroxylation is 1. The fourth-order valence-electron chi connectivity index (χ4n) is 2.40. The highest BCUT2D eigenvalue weighted by molar-refractivity contribution is 7.07. The van der Waals surface area contributed by atoms with Crippen molar-refractivity contribution >= 4 is 17.2 Å². The summed E-state index contributed by atoms with van der Waals surface area (Å²) in [5, 5.41) is 6.89. The second-order valence-electron chi connectivity index (χ2n) is 5.26. The Morgan fingerprint density at radius 3 is 2.74 bits per heavy atom. The molecule has 0 aliphatic carbocycles. The molecular weight excluding hydrogens is 313 g/mol. The number of hydrogen-bond acceptors (Lipinski definition) is 3. The van der Waals surface area contributed by atoms with Crippen LogP contribution in [-0.2, 0) is 18.3 Å². The molecule has 0 saturated heterocycles. The number of nitrogens with one attached hydrogen (secondary N) is 1. The number of benzene rings is 1. The van der Waals surface area contributed by atoms with Crippen molar-refractivity contribution in [3.63, 3.8) is 0 Å². The highest BCUT2D eigenvalue weighted by Crippen LogP contribution is 2.21. The van der Waals surface area contributed by atoms with E-state index in [1.165, 1.54) is 12.1 Å². The van der Waals surface area contributed by atoms with E-state index in [4.69, 9.17) is 0 Å². The molecule has 2 aromatic heterocycles. The van der Waals surface area contributed by atoms with E-state index in [1.807, 2.05) is 34.6 Å². The van der Waals surface area contributed by atoms with Crippen LogP contribution in [0.5, 0.6) is 0 Å². The van der Waals surface area contributed by atoms with Gasteiger partial charge < -0.3 is 9.88 Å². The number of carbonyl (C=O) groups excluding carboxylic acids is 1. The van der Waals surface area contributed by atoms with E-state index >= 15 is 0 Å². The molecule has 4 nitrogen and oxygen atoms in total. The number of carbonyl (C=O) groups is 1. The Balaban J connectivity index is 1.85. The van der Waals surface area contributed by atoms with Crippen molar-refractivity contribution in [2.45, 2.75) is 12.5 Å². The fraction of sp³-hybridized carbons (Fsp3) is 0.176. The van der Waals surface area contributed by atoms with Crippen LogP contribution in [0.4, 0.5) is 4.39 Å². The van der Waals surface area contributed by atoms with E-state index in [-0.39, 0.29) is 11.7 Å². The second-order valence-corrected chi connectivity index (χ2v) is 6.04. The smallest absolute Gasteiger partial charge is 0.225 e. The van der Waals surface area contributed by atoms with Crippen LogP contribution in [0.15, 0.2) is 53.5 Å². The van der Waals surface area contributed by atoms with Gasteiger partial charge in [0.25, 0.3) is 0 Å². The third-order valence-corrected chi connectivity index (χ3v) is 4.30. The van der Waals surface area contributed by atoms with Crippen LogP contribution in [0.3, 0.4) is 0 Å². The number of thiophene rings is 1. The SMILES string of the molecule is Cn1ccnc1[C@@H](NC(=O)Cc1ccsc1)c1ccc(F)cc1. The molecule has 0 bridgehead atoms. The summed E-state index contributed by atoms with van der Waals surface area (Å²) < 4.78 is 15.0. The van der Waals surface area contributed by atoms with Crippen molar-refractivity contribution in [1.29, 1.82) is 0 Å². The first-order chi connectivity index (χ1) is 11.1. The third-order valence-electron chi connectivity index (χ3n) is 3.57. The van der Waals surface area contributed by atoms with Crippen molar-refractivity contribution in [3.05, 3.63) is 76.3 Å². The number of amides is 1.